The summed E-state index contributed by atoms with van der Waals surface area (Å²) in [5, 5.41) is 3.19. The molecule has 0 radical (unpaired) electrons. The zero-order valence-corrected chi connectivity index (χ0v) is 14.8. The lowest BCUT2D eigenvalue weighted by atomic mass is 9.96. The highest BCUT2D eigenvalue weighted by Gasteiger charge is 2.22. The van der Waals surface area contributed by atoms with Crippen molar-refractivity contribution in [3.8, 4) is 0 Å². The molecule has 0 bridgehead atoms. The molecule has 23 heavy (non-hydrogen) atoms. The quantitative estimate of drug-likeness (QED) is 0.773. The third kappa shape index (κ3) is 5.22. The Morgan fingerprint density at radius 2 is 1.96 bits per heavy atom. The van der Waals surface area contributed by atoms with Crippen LogP contribution >= 0.6 is 23.4 Å². The maximum absolute atomic E-state index is 14.1. The molecule has 0 saturated heterocycles. The fraction of sp³-hybridized carbons (Fsp3) is 0.294. The third-order valence-electron chi connectivity index (χ3n) is 3.03. The smallest absolute Gasteiger partial charge is 0.230 e. The van der Waals surface area contributed by atoms with Crippen LogP contribution < -0.4 is 5.32 Å². The molecular weight excluding hydrogens is 335 g/mol. The van der Waals surface area contributed by atoms with Crippen LogP contribution in [0.1, 0.15) is 26.3 Å². The van der Waals surface area contributed by atoms with E-state index in [-0.39, 0.29) is 11.7 Å². The highest BCUT2D eigenvalue weighted by atomic mass is 35.5. The molecule has 0 aliphatic carbocycles. The number of nitrogens with zero attached hydrogens (tertiary/aromatic N) is 1. The molecule has 1 N–H and O–H groups in total. The first-order chi connectivity index (χ1) is 10.8. The van der Waals surface area contributed by atoms with Gasteiger partial charge in [-0.25, -0.2) is 9.37 Å². The number of nitrogens with one attached hydrogen (secondary N) is 1. The van der Waals surface area contributed by atoms with Gasteiger partial charge in [-0.3, -0.25) is 4.79 Å². The Labute approximate surface area is 144 Å². The van der Waals surface area contributed by atoms with Crippen LogP contribution in [0.4, 0.5) is 10.2 Å². The van der Waals surface area contributed by atoms with Gasteiger partial charge in [0.25, 0.3) is 0 Å². The number of benzene rings is 1. The number of anilines is 1. The lowest BCUT2D eigenvalue weighted by Crippen LogP contribution is -2.28. The number of aromatic nitrogens is 1. The van der Waals surface area contributed by atoms with Crippen LogP contribution in [0.5, 0.6) is 0 Å². The number of pyridine rings is 1. The summed E-state index contributed by atoms with van der Waals surface area (Å²) in [5.41, 5.74) is 0.147. The molecule has 0 saturated carbocycles. The molecular formula is C17H18ClFN2OS. The number of halogens is 2. The maximum Gasteiger partial charge on any atom is 0.230 e. The van der Waals surface area contributed by atoms with E-state index >= 15 is 0 Å². The second kappa shape index (κ2) is 7.32. The van der Waals surface area contributed by atoms with Crippen LogP contribution in [0.2, 0.25) is 5.02 Å². The van der Waals surface area contributed by atoms with E-state index in [0.29, 0.717) is 10.8 Å². The van der Waals surface area contributed by atoms with Gasteiger partial charge in [-0.15, -0.1) is 11.8 Å². The standard InChI is InChI=1S/C17H18ClFN2OS/c1-17(2,3)16(22)21-15-14(19)8-11(9-20-15)10-23-13-6-4-12(18)5-7-13/h4-9H,10H2,1-3H3,(H,20,21,22). The van der Waals surface area contributed by atoms with Gasteiger partial charge in [-0.05, 0) is 35.9 Å². The fourth-order valence-corrected chi connectivity index (χ4v) is 2.59. The van der Waals surface area contributed by atoms with Crippen LogP contribution in [0, 0.1) is 11.2 Å². The van der Waals surface area contributed by atoms with Gasteiger partial charge in [-0.2, -0.15) is 0 Å². The van der Waals surface area contributed by atoms with E-state index < -0.39 is 11.2 Å². The van der Waals surface area contributed by atoms with Crippen molar-refractivity contribution < 1.29 is 9.18 Å². The molecule has 122 valence electrons. The first-order valence-corrected chi connectivity index (χ1v) is 8.46. The number of thioether (sulfide) groups is 1. The SMILES string of the molecule is CC(C)(C)C(=O)Nc1ncc(CSc2ccc(Cl)cc2)cc1F. The Balaban J connectivity index is 2.01. The Morgan fingerprint density at radius 1 is 1.30 bits per heavy atom. The van der Waals surface area contributed by atoms with Gasteiger partial charge in [0.1, 0.15) is 0 Å². The van der Waals surface area contributed by atoms with E-state index in [1.54, 1.807) is 38.7 Å². The normalized spacial score (nSPS) is 11.3. The predicted molar refractivity (Wildman–Crippen MR) is 93.3 cm³/mol. The van der Waals surface area contributed by atoms with Crippen molar-refractivity contribution >= 4 is 35.1 Å². The second-order valence-electron chi connectivity index (χ2n) is 6.12. The molecule has 0 aliphatic heterocycles. The van der Waals surface area contributed by atoms with Gasteiger partial charge in [0.2, 0.25) is 5.91 Å². The van der Waals surface area contributed by atoms with Crippen molar-refractivity contribution in [1.29, 1.82) is 0 Å². The summed E-state index contributed by atoms with van der Waals surface area (Å²) in [4.78, 5) is 16.9. The van der Waals surface area contributed by atoms with Crippen LogP contribution in [0.25, 0.3) is 0 Å². The van der Waals surface area contributed by atoms with E-state index in [0.717, 1.165) is 10.5 Å². The molecule has 1 aromatic carbocycles. The van der Waals surface area contributed by atoms with Gasteiger partial charge in [-0.1, -0.05) is 32.4 Å². The van der Waals surface area contributed by atoms with E-state index in [1.807, 2.05) is 24.3 Å². The third-order valence-corrected chi connectivity index (χ3v) is 4.37. The minimum Gasteiger partial charge on any atom is -0.308 e. The molecule has 2 aromatic rings. The molecule has 0 unspecified atom stereocenters. The summed E-state index contributed by atoms with van der Waals surface area (Å²) >= 11 is 7.40. The van der Waals surface area contributed by atoms with Crippen molar-refractivity contribution in [3.05, 3.63) is 52.9 Å². The minimum absolute atomic E-state index is 0.0369. The summed E-state index contributed by atoms with van der Waals surface area (Å²) in [6.07, 6.45) is 1.57. The van der Waals surface area contributed by atoms with E-state index in [2.05, 4.69) is 10.3 Å². The second-order valence-corrected chi connectivity index (χ2v) is 7.61. The highest BCUT2D eigenvalue weighted by Crippen LogP contribution is 2.25. The maximum atomic E-state index is 14.1. The van der Waals surface area contributed by atoms with Crippen LogP contribution in [0.3, 0.4) is 0 Å². The number of carbonyl (C=O) groups is 1. The van der Waals surface area contributed by atoms with Crippen LogP contribution in [0.15, 0.2) is 41.4 Å². The van der Waals surface area contributed by atoms with E-state index in [1.165, 1.54) is 6.07 Å². The fourth-order valence-electron chi connectivity index (χ4n) is 1.64. The van der Waals surface area contributed by atoms with Crippen LogP contribution in [-0.2, 0) is 10.5 Å². The highest BCUT2D eigenvalue weighted by molar-refractivity contribution is 7.98. The van der Waals surface area contributed by atoms with Crippen molar-refractivity contribution in [2.45, 2.75) is 31.4 Å². The van der Waals surface area contributed by atoms with Gasteiger partial charge in [0.15, 0.2) is 11.6 Å². The van der Waals surface area contributed by atoms with Gasteiger partial charge in [0.05, 0.1) is 0 Å². The van der Waals surface area contributed by atoms with Crippen LogP contribution in [-0.4, -0.2) is 10.9 Å². The molecule has 6 heteroatoms. The largest absolute Gasteiger partial charge is 0.308 e. The molecule has 3 nitrogen and oxygen atoms in total. The summed E-state index contributed by atoms with van der Waals surface area (Å²) < 4.78 is 14.1. The summed E-state index contributed by atoms with van der Waals surface area (Å²) in [6.45, 7) is 5.28. The molecule has 2 rings (SSSR count). The van der Waals surface area contributed by atoms with Gasteiger partial charge < -0.3 is 5.32 Å². The zero-order chi connectivity index (χ0) is 17.0. The lowest BCUT2D eigenvalue weighted by Gasteiger charge is -2.17. The number of hydrogen-bond donors (Lipinski definition) is 1. The van der Waals surface area contributed by atoms with Crippen molar-refractivity contribution in [3.63, 3.8) is 0 Å². The topological polar surface area (TPSA) is 42.0 Å². The lowest BCUT2D eigenvalue weighted by molar-refractivity contribution is -0.123. The monoisotopic (exact) mass is 352 g/mol. The Bertz CT molecular complexity index is 699. The number of carbonyl (C=O) groups excluding carboxylic acids is 1. The van der Waals surface area contributed by atoms with Gasteiger partial charge >= 0.3 is 0 Å². The van der Waals surface area contributed by atoms with Crippen molar-refractivity contribution in [2.24, 2.45) is 5.41 Å². The molecule has 1 aromatic heterocycles. The van der Waals surface area contributed by atoms with E-state index in [9.17, 15) is 9.18 Å². The molecule has 1 amide bonds. The summed E-state index contributed by atoms with van der Waals surface area (Å²) in [5.74, 6) is -0.256. The molecule has 1 heterocycles. The zero-order valence-electron chi connectivity index (χ0n) is 13.2. The number of amides is 1. The average Bonchev–Trinajstić information content (AvgIpc) is 2.48. The van der Waals surface area contributed by atoms with Gasteiger partial charge in [0, 0.05) is 27.3 Å². The number of rotatable bonds is 4. The average molecular weight is 353 g/mol. The predicted octanol–water partition coefficient (Wildman–Crippen LogP) is 5.15. The summed E-state index contributed by atoms with van der Waals surface area (Å²) in [7, 11) is 0. The summed E-state index contributed by atoms with van der Waals surface area (Å²) in [6, 6.07) is 8.85. The Hall–Kier alpha value is -1.59. The van der Waals surface area contributed by atoms with Crippen molar-refractivity contribution in [1.82, 2.24) is 4.98 Å². The Kier molecular flexibility index (Phi) is 5.65. The Morgan fingerprint density at radius 3 is 2.52 bits per heavy atom. The molecule has 0 spiro atoms. The first kappa shape index (κ1) is 17.8. The number of hydrogen-bond acceptors (Lipinski definition) is 3. The molecule has 0 fully saturated rings. The first-order valence-electron chi connectivity index (χ1n) is 7.10. The minimum atomic E-state index is -0.600. The molecule has 0 atom stereocenters. The van der Waals surface area contributed by atoms with Crippen molar-refractivity contribution in [2.75, 3.05) is 5.32 Å². The van der Waals surface area contributed by atoms with E-state index in [4.69, 9.17) is 11.6 Å². The molecule has 0 aliphatic rings.